The molecule has 0 atom stereocenters. The van der Waals surface area contributed by atoms with Crippen molar-refractivity contribution in [3.05, 3.63) is 65.7 Å². The molecule has 0 aliphatic heterocycles. The van der Waals surface area contributed by atoms with Crippen molar-refractivity contribution in [3.8, 4) is 0 Å². The second-order valence-electron chi connectivity index (χ2n) is 5.75. The highest BCUT2D eigenvalue weighted by Gasteiger charge is 2.01. The van der Waals surface area contributed by atoms with Gasteiger partial charge in [0.15, 0.2) is 0 Å². The molecule has 2 aromatic carbocycles. The number of hydrogen-bond acceptors (Lipinski definition) is 1. The van der Waals surface area contributed by atoms with Gasteiger partial charge in [0.25, 0.3) is 0 Å². The Morgan fingerprint density at radius 1 is 1.00 bits per heavy atom. The van der Waals surface area contributed by atoms with Gasteiger partial charge < -0.3 is 10.6 Å². The quantitative estimate of drug-likeness (QED) is 0.754. The van der Waals surface area contributed by atoms with Crippen molar-refractivity contribution in [2.75, 3.05) is 11.9 Å². The van der Waals surface area contributed by atoms with E-state index < -0.39 is 0 Å². The lowest BCUT2D eigenvalue weighted by atomic mass is 10.0. The molecule has 0 saturated heterocycles. The Kier molecular flexibility index (Phi) is 6.01. The second-order valence-corrected chi connectivity index (χ2v) is 5.75. The van der Waals surface area contributed by atoms with Crippen LogP contribution in [-0.2, 0) is 6.42 Å². The average Bonchev–Trinajstić information content (AvgIpc) is 2.53. The van der Waals surface area contributed by atoms with Crippen molar-refractivity contribution in [1.29, 1.82) is 0 Å². The van der Waals surface area contributed by atoms with Crippen LogP contribution in [-0.4, -0.2) is 12.6 Å². The molecule has 0 radical (unpaired) electrons. The van der Waals surface area contributed by atoms with Crippen molar-refractivity contribution in [1.82, 2.24) is 5.32 Å². The first-order valence-corrected chi connectivity index (χ1v) is 7.84. The number of benzene rings is 2. The van der Waals surface area contributed by atoms with Gasteiger partial charge in [-0.15, -0.1) is 0 Å². The van der Waals surface area contributed by atoms with Crippen molar-refractivity contribution >= 4 is 11.7 Å². The minimum atomic E-state index is -0.152. The van der Waals surface area contributed by atoms with Gasteiger partial charge in [-0.2, -0.15) is 0 Å². The molecule has 0 fully saturated rings. The fourth-order valence-electron chi connectivity index (χ4n) is 2.26. The fourth-order valence-corrected chi connectivity index (χ4v) is 2.26. The molecule has 0 aliphatic rings. The van der Waals surface area contributed by atoms with Crippen LogP contribution in [0.2, 0.25) is 0 Å². The zero-order valence-corrected chi connectivity index (χ0v) is 13.3. The Balaban J connectivity index is 1.67. The third kappa shape index (κ3) is 5.24. The SMILES string of the molecule is CC(C)c1ccc(CCCNC(=O)Nc2ccccc2)cc1. The first-order valence-electron chi connectivity index (χ1n) is 7.84. The Bertz CT molecular complexity index is 576. The predicted molar refractivity (Wildman–Crippen MR) is 92.3 cm³/mol. The standard InChI is InChI=1S/C19H24N2O/c1-15(2)17-12-10-16(11-13-17)7-6-14-20-19(22)21-18-8-4-3-5-9-18/h3-5,8-13,15H,6-7,14H2,1-2H3,(H2,20,21,22). The molecule has 0 saturated carbocycles. The first kappa shape index (κ1) is 16.1. The molecule has 0 spiro atoms. The number of aryl methyl sites for hydroxylation is 1. The van der Waals surface area contributed by atoms with E-state index in [4.69, 9.17) is 0 Å². The van der Waals surface area contributed by atoms with Crippen LogP contribution in [0, 0.1) is 0 Å². The highest BCUT2D eigenvalue weighted by molar-refractivity contribution is 5.89. The van der Waals surface area contributed by atoms with E-state index in [2.05, 4.69) is 48.7 Å². The zero-order valence-electron chi connectivity index (χ0n) is 13.3. The summed E-state index contributed by atoms with van der Waals surface area (Å²) in [6.45, 7) is 5.07. The van der Waals surface area contributed by atoms with Gasteiger partial charge in [-0.25, -0.2) is 4.79 Å². The van der Waals surface area contributed by atoms with E-state index in [0.717, 1.165) is 18.5 Å². The summed E-state index contributed by atoms with van der Waals surface area (Å²) in [4.78, 5) is 11.7. The van der Waals surface area contributed by atoms with Crippen molar-refractivity contribution in [2.45, 2.75) is 32.6 Å². The fraction of sp³-hybridized carbons (Fsp3) is 0.316. The smallest absolute Gasteiger partial charge is 0.319 e. The first-order chi connectivity index (χ1) is 10.6. The minimum Gasteiger partial charge on any atom is -0.338 e. The third-order valence-corrected chi connectivity index (χ3v) is 3.61. The number of anilines is 1. The van der Waals surface area contributed by atoms with Crippen molar-refractivity contribution < 1.29 is 4.79 Å². The number of urea groups is 1. The summed E-state index contributed by atoms with van der Waals surface area (Å²) < 4.78 is 0. The molecule has 2 aromatic rings. The minimum absolute atomic E-state index is 0.152. The Morgan fingerprint density at radius 3 is 2.32 bits per heavy atom. The van der Waals surface area contributed by atoms with Crippen LogP contribution in [0.3, 0.4) is 0 Å². The number of nitrogens with one attached hydrogen (secondary N) is 2. The zero-order chi connectivity index (χ0) is 15.8. The topological polar surface area (TPSA) is 41.1 Å². The van der Waals surface area contributed by atoms with Crippen LogP contribution in [0.4, 0.5) is 10.5 Å². The molecule has 2 amide bonds. The lowest BCUT2D eigenvalue weighted by molar-refractivity contribution is 0.252. The summed E-state index contributed by atoms with van der Waals surface area (Å²) in [7, 11) is 0. The Hall–Kier alpha value is -2.29. The molecule has 0 aliphatic carbocycles. The van der Waals surface area contributed by atoms with Gasteiger partial charge in [0, 0.05) is 12.2 Å². The average molecular weight is 296 g/mol. The lowest BCUT2D eigenvalue weighted by Gasteiger charge is -2.08. The van der Waals surface area contributed by atoms with Crippen LogP contribution in [0.5, 0.6) is 0 Å². The van der Waals surface area contributed by atoms with Gasteiger partial charge in [0.2, 0.25) is 0 Å². The molecule has 116 valence electrons. The molecule has 3 heteroatoms. The summed E-state index contributed by atoms with van der Waals surface area (Å²) >= 11 is 0. The number of amides is 2. The maximum atomic E-state index is 11.7. The van der Waals surface area contributed by atoms with Gasteiger partial charge in [0.1, 0.15) is 0 Å². The van der Waals surface area contributed by atoms with E-state index in [-0.39, 0.29) is 6.03 Å². The predicted octanol–water partition coefficient (Wildman–Crippen LogP) is 4.56. The molecule has 0 heterocycles. The third-order valence-electron chi connectivity index (χ3n) is 3.61. The second kappa shape index (κ2) is 8.23. The van der Waals surface area contributed by atoms with Gasteiger partial charge in [-0.3, -0.25) is 0 Å². The van der Waals surface area contributed by atoms with E-state index >= 15 is 0 Å². The number of rotatable bonds is 6. The molecule has 0 aromatic heterocycles. The molecule has 3 nitrogen and oxygen atoms in total. The normalized spacial score (nSPS) is 10.5. The molecule has 0 bridgehead atoms. The van der Waals surface area contributed by atoms with Crippen LogP contribution in [0.15, 0.2) is 54.6 Å². The van der Waals surface area contributed by atoms with Crippen LogP contribution < -0.4 is 10.6 Å². The number of carbonyl (C=O) groups excluding carboxylic acids is 1. The van der Waals surface area contributed by atoms with Gasteiger partial charge >= 0.3 is 6.03 Å². The van der Waals surface area contributed by atoms with E-state index in [1.165, 1.54) is 11.1 Å². The van der Waals surface area contributed by atoms with E-state index in [9.17, 15) is 4.79 Å². The number of carbonyl (C=O) groups is 1. The number of para-hydroxylation sites is 1. The lowest BCUT2D eigenvalue weighted by Crippen LogP contribution is -2.29. The van der Waals surface area contributed by atoms with Crippen molar-refractivity contribution in [3.63, 3.8) is 0 Å². The summed E-state index contributed by atoms with van der Waals surface area (Å²) in [5, 5.41) is 5.69. The highest BCUT2D eigenvalue weighted by atomic mass is 16.2. The van der Waals surface area contributed by atoms with Crippen LogP contribution in [0.25, 0.3) is 0 Å². The number of hydrogen-bond donors (Lipinski definition) is 2. The molecule has 22 heavy (non-hydrogen) atoms. The largest absolute Gasteiger partial charge is 0.338 e. The van der Waals surface area contributed by atoms with E-state index in [0.29, 0.717) is 12.5 Å². The highest BCUT2D eigenvalue weighted by Crippen LogP contribution is 2.15. The summed E-state index contributed by atoms with van der Waals surface area (Å²) in [6, 6.07) is 18.1. The van der Waals surface area contributed by atoms with E-state index in [1.807, 2.05) is 30.3 Å². The monoisotopic (exact) mass is 296 g/mol. The van der Waals surface area contributed by atoms with Crippen molar-refractivity contribution in [2.24, 2.45) is 0 Å². The Labute approximate surface area is 132 Å². The maximum Gasteiger partial charge on any atom is 0.319 e. The summed E-state index contributed by atoms with van der Waals surface area (Å²) in [5.74, 6) is 0.567. The van der Waals surface area contributed by atoms with Crippen LogP contribution >= 0.6 is 0 Å². The molecular formula is C19H24N2O. The van der Waals surface area contributed by atoms with Gasteiger partial charge in [-0.1, -0.05) is 56.3 Å². The van der Waals surface area contributed by atoms with Crippen LogP contribution in [0.1, 0.15) is 37.3 Å². The van der Waals surface area contributed by atoms with Gasteiger partial charge in [0.05, 0.1) is 0 Å². The molecular weight excluding hydrogens is 272 g/mol. The summed E-state index contributed by atoms with van der Waals surface area (Å²) in [5.41, 5.74) is 3.49. The summed E-state index contributed by atoms with van der Waals surface area (Å²) in [6.07, 6.45) is 1.91. The Morgan fingerprint density at radius 2 is 1.68 bits per heavy atom. The molecule has 2 N–H and O–H groups in total. The molecule has 2 rings (SSSR count). The maximum absolute atomic E-state index is 11.7. The van der Waals surface area contributed by atoms with Gasteiger partial charge in [-0.05, 0) is 42.0 Å². The molecule has 0 unspecified atom stereocenters. The van der Waals surface area contributed by atoms with E-state index in [1.54, 1.807) is 0 Å².